The molecule has 0 bridgehead atoms. The molecule has 0 spiro atoms. The molecule has 1 heterocycles. The van der Waals surface area contributed by atoms with E-state index in [0.717, 1.165) is 39.0 Å². The highest BCUT2D eigenvalue weighted by Crippen LogP contribution is 2.33. The van der Waals surface area contributed by atoms with Crippen LogP contribution in [0.25, 0.3) is 22.6 Å². The van der Waals surface area contributed by atoms with Crippen molar-refractivity contribution in [1.82, 2.24) is 0 Å². The van der Waals surface area contributed by atoms with Gasteiger partial charge in [0.2, 0.25) is 0 Å². The van der Waals surface area contributed by atoms with Crippen molar-refractivity contribution in [3.05, 3.63) is 65.2 Å². The molecular weight excluding hydrogens is 284 g/mol. The van der Waals surface area contributed by atoms with Gasteiger partial charge in [-0.15, -0.1) is 0 Å². The Bertz CT molecular complexity index is 740. The van der Waals surface area contributed by atoms with Gasteiger partial charge in [0.15, 0.2) is 0 Å². The predicted octanol–water partition coefficient (Wildman–Crippen LogP) is 5.58. The number of hydrogen-bond acceptors (Lipinski definition) is 2. The van der Waals surface area contributed by atoms with Crippen molar-refractivity contribution in [3.63, 3.8) is 0 Å². The molecule has 0 atom stereocenters. The predicted molar refractivity (Wildman–Crippen MR) is 85.9 cm³/mol. The molecule has 3 rings (SSSR count). The number of ether oxygens (including phenoxy) is 1. The first-order chi connectivity index (χ1) is 10.2. The number of furan rings is 1. The van der Waals surface area contributed by atoms with Gasteiger partial charge in [-0.1, -0.05) is 11.6 Å². The highest BCUT2D eigenvalue weighted by Gasteiger charge is 2.11. The largest absolute Gasteiger partial charge is 0.497 e. The van der Waals surface area contributed by atoms with Crippen LogP contribution in [0.2, 0.25) is 5.02 Å². The zero-order valence-electron chi connectivity index (χ0n) is 11.9. The number of aryl methyl sites for hydroxylation is 1. The molecule has 0 N–H and O–H groups in total. The van der Waals surface area contributed by atoms with E-state index in [-0.39, 0.29) is 0 Å². The number of rotatable bonds is 3. The van der Waals surface area contributed by atoms with Gasteiger partial charge >= 0.3 is 0 Å². The lowest BCUT2D eigenvalue weighted by atomic mass is 10.1. The van der Waals surface area contributed by atoms with Gasteiger partial charge in [-0.2, -0.15) is 0 Å². The van der Waals surface area contributed by atoms with Crippen molar-refractivity contribution in [3.8, 4) is 28.4 Å². The summed E-state index contributed by atoms with van der Waals surface area (Å²) in [5.74, 6) is 2.55. The number of benzene rings is 2. The van der Waals surface area contributed by atoms with Crippen LogP contribution < -0.4 is 4.74 Å². The van der Waals surface area contributed by atoms with Crippen molar-refractivity contribution < 1.29 is 9.15 Å². The standard InChI is InChI=1S/C18H15ClO2/c1-12-11-17(13-3-7-15(19)8-4-13)21-18(12)14-5-9-16(20-2)10-6-14/h3-11H,1-2H3. The van der Waals surface area contributed by atoms with E-state index in [9.17, 15) is 0 Å². The maximum Gasteiger partial charge on any atom is 0.137 e. The summed E-state index contributed by atoms with van der Waals surface area (Å²) in [5.41, 5.74) is 3.15. The third-order valence-corrected chi connectivity index (χ3v) is 3.65. The van der Waals surface area contributed by atoms with E-state index in [2.05, 4.69) is 0 Å². The Kier molecular flexibility index (Phi) is 3.72. The van der Waals surface area contributed by atoms with Crippen LogP contribution in [0.3, 0.4) is 0 Å². The molecule has 0 amide bonds. The molecule has 2 aromatic carbocycles. The fraction of sp³-hybridized carbons (Fsp3) is 0.111. The molecule has 0 aliphatic heterocycles. The van der Waals surface area contributed by atoms with Crippen molar-refractivity contribution >= 4 is 11.6 Å². The Morgan fingerprint density at radius 3 is 2.14 bits per heavy atom. The van der Waals surface area contributed by atoms with Crippen molar-refractivity contribution in [2.45, 2.75) is 6.92 Å². The van der Waals surface area contributed by atoms with Crippen LogP contribution in [0.15, 0.2) is 59.0 Å². The maximum absolute atomic E-state index is 6.02. The van der Waals surface area contributed by atoms with Gasteiger partial charge in [-0.05, 0) is 67.1 Å². The second kappa shape index (κ2) is 5.66. The summed E-state index contributed by atoms with van der Waals surface area (Å²) in [6.45, 7) is 2.04. The first kappa shape index (κ1) is 13.8. The van der Waals surface area contributed by atoms with E-state index in [1.807, 2.05) is 61.5 Å². The SMILES string of the molecule is COc1ccc(-c2oc(-c3ccc(Cl)cc3)cc2C)cc1. The van der Waals surface area contributed by atoms with Crippen molar-refractivity contribution in [1.29, 1.82) is 0 Å². The lowest BCUT2D eigenvalue weighted by molar-refractivity contribution is 0.415. The molecule has 0 fully saturated rings. The average Bonchev–Trinajstić information content (AvgIpc) is 2.90. The van der Waals surface area contributed by atoms with Gasteiger partial charge < -0.3 is 9.15 Å². The molecule has 0 radical (unpaired) electrons. The van der Waals surface area contributed by atoms with E-state index < -0.39 is 0 Å². The minimum atomic E-state index is 0.720. The molecule has 21 heavy (non-hydrogen) atoms. The Labute approximate surface area is 128 Å². The molecule has 0 saturated carbocycles. The van der Waals surface area contributed by atoms with E-state index in [4.69, 9.17) is 20.8 Å². The number of methoxy groups -OCH3 is 1. The molecule has 106 valence electrons. The van der Waals surface area contributed by atoms with Crippen LogP contribution in [0.4, 0.5) is 0 Å². The van der Waals surface area contributed by atoms with Crippen LogP contribution in [-0.2, 0) is 0 Å². The van der Waals surface area contributed by atoms with Crippen LogP contribution in [0, 0.1) is 6.92 Å². The highest BCUT2D eigenvalue weighted by atomic mass is 35.5. The molecule has 1 aromatic heterocycles. The Morgan fingerprint density at radius 1 is 0.905 bits per heavy atom. The van der Waals surface area contributed by atoms with E-state index in [1.165, 1.54) is 0 Å². The Hall–Kier alpha value is -2.19. The molecule has 0 saturated heterocycles. The topological polar surface area (TPSA) is 22.4 Å². The minimum absolute atomic E-state index is 0.720. The van der Waals surface area contributed by atoms with Gasteiger partial charge in [-0.25, -0.2) is 0 Å². The number of hydrogen-bond donors (Lipinski definition) is 0. The van der Waals surface area contributed by atoms with Gasteiger partial charge in [0.05, 0.1) is 7.11 Å². The highest BCUT2D eigenvalue weighted by molar-refractivity contribution is 6.30. The summed E-state index contributed by atoms with van der Waals surface area (Å²) in [6.07, 6.45) is 0. The Balaban J connectivity index is 1.98. The second-order valence-electron chi connectivity index (χ2n) is 4.86. The monoisotopic (exact) mass is 298 g/mol. The summed E-state index contributed by atoms with van der Waals surface area (Å²) in [4.78, 5) is 0. The summed E-state index contributed by atoms with van der Waals surface area (Å²) >= 11 is 5.92. The summed E-state index contributed by atoms with van der Waals surface area (Å²) in [6, 6.07) is 17.5. The average molecular weight is 299 g/mol. The van der Waals surface area contributed by atoms with E-state index >= 15 is 0 Å². The third kappa shape index (κ3) is 2.81. The van der Waals surface area contributed by atoms with Crippen LogP contribution in [0.1, 0.15) is 5.56 Å². The maximum atomic E-state index is 6.02. The van der Waals surface area contributed by atoms with Gasteiger partial charge in [0.25, 0.3) is 0 Å². The molecule has 3 heteroatoms. The molecular formula is C18H15ClO2. The first-order valence-corrected chi connectivity index (χ1v) is 7.06. The molecule has 0 aliphatic carbocycles. The molecule has 0 unspecified atom stereocenters. The quantitative estimate of drug-likeness (QED) is 0.629. The third-order valence-electron chi connectivity index (χ3n) is 3.40. The van der Waals surface area contributed by atoms with Gasteiger partial charge in [0, 0.05) is 16.1 Å². The van der Waals surface area contributed by atoms with Crippen LogP contribution in [-0.4, -0.2) is 7.11 Å². The zero-order chi connectivity index (χ0) is 14.8. The Morgan fingerprint density at radius 2 is 1.52 bits per heavy atom. The number of halogens is 1. The molecule has 3 aromatic rings. The van der Waals surface area contributed by atoms with Crippen molar-refractivity contribution in [2.75, 3.05) is 7.11 Å². The lowest BCUT2D eigenvalue weighted by Crippen LogP contribution is -1.82. The summed E-state index contributed by atoms with van der Waals surface area (Å²) in [7, 11) is 1.66. The van der Waals surface area contributed by atoms with Crippen LogP contribution in [0.5, 0.6) is 5.75 Å². The molecule has 2 nitrogen and oxygen atoms in total. The van der Waals surface area contributed by atoms with Gasteiger partial charge in [-0.3, -0.25) is 0 Å². The lowest BCUT2D eigenvalue weighted by Gasteiger charge is -2.02. The van der Waals surface area contributed by atoms with E-state index in [0.29, 0.717) is 0 Å². The van der Waals surface area contributed by atoms with Crippen molar-refractivity contribution in [2.24, 2.45) is 0 Å². The minimum Gasteiger partial charge on any atom is -0.497 e. The summed E-state index contributed by atoms with van der Waals surface area (Å²) in [5, 5.41) is 0.720. The normalized spacial score (nSPS) is 10.6. The summed E-state index contributed by atoms with van der Waals surface area (Å²) < 4.78 is 11.2. The molecule has 0 aliphatic rings. The van der Waals surface area contributed by atoms with E-state index in [1.54, 1.807) is 7.11 Å². The smallest absolute Gasteiger partial charge is 0.137 e. The fourth-order valence-corrected chi connectivity index (χ4v) is 2.39. The second-order valence-corrected chi connectivity index (χ2v) is 5.29. The zero-order valence-corrected chi connectivity index (χ0v) is 12.6. The first-order valence-electron chi connectivity index (χ1n) is 6.68. The van der Waals surface area contributed by atoms with Crippen LogP contribution >= 0.6 is 11.6 Å². The van der Waals surface area contributed by atoms with Gasteiger partial charge in [0.1, 0.15) is 17.3 Å². The fourth-order valence-electron chi connectivity index (χ4n) is 2.27.